The van der Waals surface area contributed by atoms with Crippen molar-refractivity contribution >= 4 is 17.5 Å². The van der Waals surface area contributed by atoms with E-state index in [0.29, 0.717) is 12.2 Å². The first-order valence-electron chi connectivity index (χ1n) is 11.1. The summed E-state index contributed by atoms with van der Waals surface area (Å²) in [5.41, 5.74) is 2.88. The summed E-state index contributed by atoms with van der Waals surface area (Å²) in [5.74, 6) is 0.256. The Balaban J connectivity index is 2.07. The van der Waals surface area contributed by atoms with Crippen molar-refractivity contribution in [2.75, 3.05) is 39.6 Å². The van der Waals surface area contributed by atoms with E-state index in [1.165, 1.54) is 0 Å². The Morgan fingerprint density at radius 1 is 1.19 bits per heavy atom. The molecule has 174 valence electrons. The SMILES string of the molecule is CNC(=O)[C@@H](NC(=O)c1nc(-c2cccc(N(C)C)c2)n2c1CN(C)CCC2)C(C)(C)C. The van der Waals surface area contributed by atoms with E-state index in [4.69, 9.17) is 4.98 Å². The number of anilines is 1. The second-order valence-electron chi connectivity index (χ2n) is 9.81. The van der Waals surface area contributed by atoms with Gasteiger partial charge in [-0.25, -0.2) is 4.98 Å². The minimum atomic E-state index is -0.665. The number of carbonyl (C=O) groups excluding carboxylic acids is 2. The van der Waals surface area contributed by atoms with Crippen LogP contribution in [0.15, 0.2) is 24.3 Å². The maximum Gasteiger partial charge on any atom is 0.272 e. The normalized spacial score (nSPS) is 15.5. The Bertz CT molecular complexity index is 989. The van der Waals surface area contributed by atoms with Crippen molar-refractivity contribution < 1.29 is 9.59 Å². The predicted octanol–water partition coefficient (Wildman–Crippen LogP) is 2.34. The van der Waals surface area contributed by atoms with Gasteiger partial charge in [0.2, 0.25) is 5.91 Å². The molecule has 0 aliphatic carbocycles. The Morgan fingerprint density at radius 2 is 1.91 bits per heavy atom. The lowest BCUT2D eigenvalue weighted by Gasteiger charge is -2.29. The van der Waals surface area contributed by atoms with Crippen LogP contribution >= 0.6 is 0 Å². The zero-order valence-electron chi connectivity index (χ0n) is 20.3. The number of carbonyl (C=O) groups is 2. The second kappa shape index (κ2) is 9.32. The zero-order chi connectivity index (χ0) is 23.6. The molecule has 2 heterocycles. The molecule has 0 radical (unpaired) electrons. The van der Waals surface area contributed by atoms with Crippen molar-refractivity contribution in [2.45, 2.75) is 46.3 Å². The molecular weight excluding hydrogens is 404 g/mol. The maximum atomic E-state index is 13.4. The summed E-state index contributed by atoms with van der Waals surface area (Å²) >= 11 is 0. The molecule has 2 aromatic rings. The van der Waals surface area contributed by atoms with E-state index in [1.54, 1.807) is 7.05 Å². The highest BCUT2D eigenvalue weighted by Crippen LogP contribution is 2.29. The molecule has 8 nitrogen and oxygen atoms in total. The molecule has 1 aromatic heterocycles. The number of imidazole rings is 1. The molecule has 3 rings (SSSR count). The smallest absolute Gasteiger partial charge is 0.272 e. The molecule has 1 aliphatic rings. The van der Waals surface area contributed by atoms with Crippen LogP contribution in [0, 0.1) is 5.41 Å². The van der Waals surface area contributed by atoms with Gasteiger partial charge in [0, 0.05) is 45.5 Å². The molecule has 8 heteroatoms. The van der Waals surface area contributed by atoms with E-state index in [0.717, 1.165) is 42.3 Å². The fourth-order valence-electron chi connectivity index (χ4n) is 4.07. The van der Waals surface area contributed by atoms with Gasteiger partial charge < -0.3 is 25.0 Å². The number of aromatic nitrogens is 2. The van der Waals surface area contributed by atoms with Crippen molar-refractivity contribution in [2.24, 2.45) is 5.41 Å². The Kier molecular flexibility index (Phi) is 6.93. The first-order valence-corrected chi connectivity index (χ1v) is 11.1. The third kappa shape index (κ3) is 4.96. The molecule has 0 fully saturated rings. The fraction of sp³-hybridized carbons (Fsp3) is 0.542. The second-order valence-corrected chi connectivity index (χ2v) is 9.81. The van der Waals surface area contributed by atoms with Gasteiger partial charge in [-0.2, -0.15) is 0 Å². The van der Waals surface area contributed by atoms with Gasteiger partial charge in [-0.3, -0.25) is 9.59 Å². The standard InChI is InChI=1S/C24H36N6O2/c1-24(2,3)20(23(32)25-4)27-22(31)19-18-15-29(7)12-9-13-30(18)21(26-19)16-10-8-11-17(14-16)28(5)6/h8,10-11,14,20H,9,12-13,15H2,1-7H3,(H,25,32)(H,27,31)/t20-/m1/s1. The van der Waals surface area contributed by atoms with E-state index >= 15 is 0 Å². The monoisotopic (exact) mass is 440 g/mol. The van der Waals surface area contributed by atoms with Gasteiger partial charge in [0.25, 0.3) is 5.91 Å². The van der Waals surface area contributed by atoms with E-state index < -0.39 is 11.5 Å². The molecule has 1 aromatic carbocycles. The summed E-state index contributed by atoms with van der Waals surface area (Å²) in [7, 11) is 7.65. The minimum absolute atomic E-state index is 0.216. The summed E-state index contributed by atoms with van der Waals surface area (Å²) in [5, 5.41) is 5.61. The summed E-state index contributed by atoms with van der Waals surface area (Å²) in [4.78, 5) is 35.0. The van der Waals surface area contributed by atoms with Crippen LogP contribution in [0.25, 0.3) is 11.4 Å². The molecule has 1 aliphatic heterocycles. The third-order valence-electron chi connectivity index (χ3n) is 5.90. The van der Waals surface area contributed by atoms with Gasteiger partial charge in [0.15, 0.2) is 5.69 Å². The first-order chi connectivity index (χ1) is 15.0. The number of nitrogens with one attached hydrogen (secondary N) is 2. The average Bonchev–Trinajstić information content (AvgIpc) is 2.97. The van der Waals surface area contributed by atoms with Gasteiger partial charge in [-0.15, -0.1) is 0 Å². The van der Waals surface area contributed by atoms with Gasteiger partial charge in [0.1, 0.15) is 11.9 Å². The molecule has 1 atom stereocenters. The average molecular weight is 441 g/mol. The molecule has 0 saturated heterocycles. The summed E-state index contributed by atoms with van der Waals surface area (Å²) in [6.07, 6.45) is 0.976. The van der Waals surface area contributed by atoms with Crippen LogP contribution in [0.3, 0.4) is 0 Å². The highest BCUT2D eigenvalue weighted by molar-refractivity contribution is 5.98. The third-order valence-corrected chi connectivity index (χ3v) is 5.90. The number of benzene rings is 1. The van der Waals surface area contributed by atoms with Gasteiger partial charge >= 0.3 is 0 Å². The van der Waals surface area contributed by atoms with Crippen molar-refractivity contribution in [1.29, 1.82) is 0 Å². The van der Waals surface area contributed by atoms with E-state index in [2.05, 4.69) is 44.2 Å². The van der Waals surface area contributed by atoms with Gasteiger partial charge in [0.05, 0.1) is 5.69 Å². The lowest BCUT2D eigenvalue weighted by molar-refractivity contribution is -0.124. The lowest BCUT2D eigenvalue weighted by Crippen LogP contribution is -2.53. The van der Waals surface area contributed by atoms with Crippen LogP contribution in [-0.4, -0.2) is 67.0 Å². The van der Waals surface area contributed by atoms with Crippen molar-refractivity contribution in [3.05, 3.63) is 35.7 Å². The summed E-state index contributed by atoms with van der Waals surface area (Å²) in [6.45, 7) is 8.18. The van der Waals surface area contributed by atoms with Crippen molar-refractivity contribution in [3.8, 4) is 11.4 Å². The number of nitrogens with zero attached hydrogens (tertiary/aromatic N) is 4. The number of likely N-dealkylation sites (N-methyl/N-ethyl adjacent to an activating group) is 1. The number of hydrogen-bond acceptors (Lipinski definition) is 5. The topological polar surface area (TPSA) is 82.5 Å². The van der Waals surface area contributed by atoms with Crippen LogP contribution in [-0.2, 0) is 17.9 Å². The van der Waals surface area contributed by atoms with Crippen LogP contribution in [0.2, 0.25) is 0 Å². The molecule has 2 N–H and O–H groups in total. The van der Waals surface area contributed by atoms with E-state index in [1.807, 2.05) is 47.0 Å². The molecule has 32 heavy (non-hydrogen) atoms. The Morgan fingerprint density at radius 3 is 2.53 bits per heavy atom. The number of rotatable bonds is 5. The van der Waals surface area contributed by atoms with Crippen LogP contribution < -0.4 is 15.5 Å². The predicted molar refractivity (Wildman–Crippen MR) is 128 cm³/mol. The van der Waals surface area contributed by atoms with E-state index in [9.17, 15) is 9.59 Å². The van der Waals surface area contributed by atoms with Crippen molar-refractivity contribution in [1.82, 2.24) is 25.1 Å². The highest BCUT2D eigenvalue weighted by atomic mass is 16.2. The van der Waals surface area contributed by atoms with Crippen molar-refractivity contribution in [3.63, 3.8) is 0 Å². The summed E-state index contributed by atoms with van der Waals surface area (Å²) in [6, 6.07) is 7.52. The number of fused-ring (bicyclic) bond motifs is 1. The highest BCUT2D eigenvalue weighted by Gasteiger charge is 2.34. The maximum absolute atomic E-state index is 13.4. The lowest BCUT2D eigenvalue weighted by atomic mass is 9.86. The number of amides is 2. The fourth-order valence-corrected chi connectivity index (χ4v) is 4.07. The molecular formula is C24H36N6O2. The molecule has 0 bridgehead atoms. The van der Waals surface area contributed by atoms with Gasteiger partial charge in [-0.05, 0) is 37.6 Å². The molecule has 0 unspecified atom stereocenters. The quantitative estimate of drug-likeness (QED) is 0.746. The zero-order valence-corrected chi connectivity index (χ0v) is 20.3. The number of hydrogen-bond donors (Lipinski definition) is 2. The molecule has 0 saturated carbocycles. The van der Waals surface area contributed by atoms with Gasteiger partial charge in [-0.1, -0.05) is 32.9 Å². The van der Waals surface area contributed by atoms with E-state index in [-0.39, 0.29) is 11.8 Å². The first kappa shape index (κ1) is 23.8. The Labute approximate surface area is 191 Å². The summed E-state index contributed by atoms with van der Waals surface area (Å²) < 4.78 is 2.17. The molecule has 2 amide bonds. The molecule has 0 spiro atoms. The largest absolute Gasteiger partial charge is 0.378 e. The van der Waals surface area contributed by atoms with Crippen LogP contribution in [0.5, 0.6) is 0 Å². The van der Waals surface area contributed by atoms with Crippen LogP contribution in [0.1, 0.15) is 43.4 Å². The van der Waals surface area contributed by atoms with Crippen LogP contribution in [0.4, 0.5) is 5.69 Å². The Hall–Kier alpha value is -2.87. The minimum Gasteiger partial charge on any atom is -0.378 e.